The third kappa shape index (κ3) is 49.0. The second-order valence-corrected chi connectivity index (χ2v) is 26.7. The van der Waals surface area contributed by atoms with Crippen LogP contribution in [0.25, 0.3) is 0 Å². The van der Waals surface area contributed by atoms with Crippen molar-refractivity contribution in [3.63, 3.8) is 0 Å². The van der Waals surface area contributed by atoms with E-state index in [2.05, 4.69) is 45.3 Å². The van der Waals surface area contributed by atoms with Gasteiger partial charge in [-0.15, -0.1) is 0 Å². The number of aliphatic hydroxyl groups excluding tert-OH is 1. The number of esters is 1. The molecule has 18 nitrogen and oxygen atoms in total. The van der Waals surface area contributed by atoms with Crippen molar-refractivity contribution < 1.29 is 76.7 Å². The van der Waals surface area contributed by atoms with E-state index in [0.29, 0.717) is 32.7 Å². The number of phosphoric acid groups is 1. The summed E-state index contributed by atoms with van der Waals surface area (Å²) in [6, 6.07) is -3.20. The van der Waals surface area contributed by atoms with Crippen molar-refractivity contribution in [1.29, 1.82) is 0 Å². The molecule has 89 heavy (non-hydrogen) atoms. The van der Waals surface area contributed by atoms with Gasteiger partial charge in [0.1, 0.15) is 18.2 Å². The van der Waals surface area contributed by atoms with Crippen molar-refractivity contribution in [2.24, 2.45) is 0 Å². The Morgan fingerprint density at radius 3 is 1.26 bits per heavy atom. The maximum atomic E-state index is 14.4. The number of unbranched alkanes of at least 4 members (excludes halogenated alkanes) is 37. The number of aliphatic hydroxyl groups is 1. The minimum atomic E-state index is -5.40. The fourth-order valence-electron chi connectivity index (χ4n) is 11.7. The van der Waals surface area contributed by atoms with Crippen molar-refractivity contribution >= 4 is 31.6 Å². The fraction of sp³-hybridized carbons (Fsp3) is 0.943. The van der Waals surface area contributed by atoms with Gasteiger partial charge in [-0.05, 0) is 32.1 Å². The van der Waals surface area contributed by atoms with E-state index < -0.39 is 93.7 Å². The first-order valence-electron chi connectivity index (χ1n) is 36.7. The summed E-state index contributed by atoms with van der Waals surface area (Å²) >= 11 is 0. The molecule has 526 valence electrons. The van der Waals surface area contributed by atoms with E-state index in [1.165, 1.54) is 148 Å². The number of carbonyl (C=O) groups is 4. The summed E-state index contributed by atoms with van der Waals surface area (Å²) in [5, 5.41) is 26.7. The van der Waals surface area contributed by atoms with Gasteiger partial charge in [-0.2, -0.15) is 0 Å². The van der Waals surface area contributed by atoms with E-state index in [1.807, 2.05) is 0 Å². The summed E-state index contributed by atoms with van der Waals surface area (Å²) in [4.78, 5) is 75.7. The Labute approximate surface area is 541 Å². The number of ether oxygens (including phenoxy) is 6. The molecule has 19 heteroatoms. The van der Waals surface area contributed by atoms with Crippen molar-refractivity contribution in [2.45, 2.75) is 385 Å². The molecule has 0 aliphatic carbocycles. The number of amides is 2. The Morgan fingerprint density at radius 1 is 0.483 bits per heavy atom. The Bertz CT molecular complexity index is 1670. The lowest BCUT2D eigenvalue weighted by atomic mass is 9.96. The van der Waals surface area contributed by atoms with Crippen molar-refractivity contribution in [1.82, 2.24) is 10.6 Å². The first-order chi connectivity index (χ1) is 43.2. The first kappa shape index (κ1) is 84.8. The van der Waals surface area contributed by atoms with E-state index >= 15 is 0 Å². The second-order valence-electron chi connectivity index (χ2n) is 25.5. The predicted octanol–water partition coefficient (Wildman–Crippen LogP) is 16.4. The minimum absolute atomic E-state index is 0.0282. The van der Waals surface area contributed by atoms with Crippen LogP contribution in [0, 0.1) is 0 Å². The highest BCUT2D eigenvalue weighted by atomic mass is 31.2. The molecule has 2 amide bonds. The molecule has 0 radical (unpaired) electrons. The monoisotopic (exact) mass is 1290 g/mol. The molecule has 0 spiro atoms. The Hall–Kier alpha value is -2.25. The van der Waals surface area contributed by atoms with Gasteiger partial charge in [0.05, 0.1) is 44.9 Å². The third-order valence-corrected chi connectivity index (χ3v) is 17.6. The van der Waals surface area contributed by atoms with E-state index in [9.17, 15) is 43.7 Å². The van der Waals surface area contributed by atoms with Crippen LogP contribution in [0.3, 0.4) is 0 Å². The van der Waals surface area contributed by atoms with Gasteiger partial charge < -0.3 is 59.1 Å². The van der Waals surface area contributed by atoms with Crippen LogP contribution in [0.15, 0.2) is 0 Å². The van der Waals surface area contributed by atoms with Gasteiger partial charge in [0, 0.05) is 26.2 Å². The minimum Gasteiger partial charge on any atom is -0.480 e. The molecular formula is C70H135N2O16P. The van der Waals surface area contributed by atoms with Crippen molar-refractivity contribution in [3.05, 3.63) is 0 Å². The van der Waals surface area contributed by atoms with Crippen LogP contribution < -0.4 is 10.6 Å². The van der Waals surface area contributed by atoms with Crippen molar-refractivity contribution in [3.8, 4) is 0 Å². The molecular weight excluding hydrogens is 1160 g/mol. The molecule has 0 unspecified atom stereocenters. The lowest BCUT2D eigenvalue weighted by molar-refractivity contribution is -0.272. The lowest BCUT2D eigenvalue weighted by Crippen LogP contribution is -2.66. The molecule has 0 aromatic rings. The van der Waals surface area contributed by atoms with Gasteiger partial charge >= 0.3 is 19.8 Å². The highest BCUT2D eigenvalue weighted by Crippen LogP contribution is 2.42. The standard InChI is InChI=1S/C70H135N2O16P/c1-6-11-16-21-26-31-33-38-43-48-59(83-52-46-41-36-29-24-19-14-9-4)55-64(75)71-61(69(77)78)58-85-70-66(72-63(74)50-54-82-51-45-40-35-28-23-18-13-8-3)68(67(62(57-73)86-70)88-89(79,80)81)87-65(76)56-60(49-44-39-34-32-27-22-17-12-7-2)84-53-47-42-37-30-25-20-15-10-5/h59-62,66-68,70,73H,6-58H2,1-5H3,(H,71,75)(H,72,74)(H,77,78)(H2,79,80,81)/t59-,60-,61+,62-,66-,67-,68-,70-/m1/s1. The zero-order valence-corrected chi connectivity index (χ0v) is 58.1. The molecule has 0 aromatic carbocycles. The van der Waals surface area contributed by atoms with E-state index in [1.54, 1.807) is 0 Å². The van der Waals surface area contributed by atoms with Crippen LogP contribution in [0.4, 0.5) is 0 Å². The molecule has 8 atom stereocenters. The number of phosphoric ester groups is 1. The summed E-state index contributed by atoms with van der Waals surface area (Å²) in [6.45, 7) is 10.8. The molecule has 1 aliphatic rings. The summed E-state index contributed by atoms with van der Waals surface area (Å²) in [6.07, 6.45) is 40.1. The molecule has 1 rings (SSSR count). The molecule has 1 fully saturated rings. The molecule has 1 saturated heterocycles. The normalized spacial score (nSPS) is 18.0. The number of carbonyl (C=O) groups excluding carboxylic acids is 3. The highest BCUT2D eigenvalue weighted by Gasteiger charge is 2.52. The van der Waals surface area contributed by atoms with Gasteiger partial charge in [-0.3, -0.25) is 18.9 Å². The number of aliphatic carboxylic acids is 1. The second kappa shape index (κ2) is 59.5. The van der Waals surface area contributed by atoms with Gasteiger partial charge in [-0.1, -0.05) is 285 Å². The molecule has 1 aliphatic heterocycles. The molecule has 0 aromatic heterocycles. The zero-order valence-electron chi connectivity index (χ0n) is 57.2. The van der Waals surface area contributed by atoms with Gasteiger partial charge in [0.2, 0.25) is 11.8 Å². The number of carboxylic acid groups (broad SMARTS) is 1. The van der Waals surface area contributed by atoms with Gasteiger partial charge in [-0.25, -0.2) is 9.36 Å². The Balaban J connectivity index is 3.46. The Morgan fingerprint density at radius 2 is 0.865 bits per heavy atom. The summed E-state index contributed by atoms with van der Waals surface area (Å²) < 4.78 is 55.0. The fourth-order valence-corrected chi connectivity index (χ4v) is 12.2. The number of carboxylic acids is 1. The molecule has 0 saturated carbocycles. The van der Waals surface area contributed by atoms with Crippen LogP contribution in [-0.4, -0.2) is 132 Å². The largest absolute Gasteiger partial charge is 0.480 e. The van der Waals surface area contributed by atoms with Crippen LogP contribution in [0.5, 0.6) is 0 Å². The summed E-state index contributed by atoms with van der Waals surface area (Å²) in [5.74, 6) is -3.41. The maximum absolute atomic E-state index is 14.4. The summed E-state index contributed by atoms with van der Waals surface area (Å²) in [5.41, 5.74) is 0. The third-order valence-electron chi connectivity index (χ3n) is 17.1. The quantitative estimate of drug-likeness (QED) is 0.0188. The van der Waals surface area contributed by atoms with Gasteiger partial charge in [0.15, 0.2) is 18.4 Å². The van der Waals surface area contributed by atoms with E-state index in [0.717, 1.165) is 122 Å². The zero-order chi connectivity index (χ0) is 65.3. The SMILES string of the molecule is CCCCCCCCCCC[C@H](CC(=O)N[C@@H](CO[C@@H]1O[C@H](CO)[C@@H](OP(=O)(O)O)[C@H](OC(=O)C[C@@H](CCCCCCCCCCC)OCCCCCCCCCC)[C@H]1NC(=O)CCOCCCCCCCCCC)C(=O)O)OCCCCCCCCCC. The average Bonchev–Trinajstić information content (AvgIpc) is 0.974. The summed E-state index contributed by atoms with van der Waals surface area (Å²) in [7, 11) is -5.40. The van der Waals surface area contributed by atoms with E-state index in [4.69, 9.17) is 32.9 Å². The van der Waals surface area contributed by atoms with Crippen molar-refractivity contribution in [2.75, 3.05) is 39.6 Å². The Kier molecular flexibility index (Phi) is 56.7. The van der Waals surface area contributed by atoms with Crippen LogP contribution >= 0.6 is 7.82 Å². The van der Waals surface area contributed by atoms with Gasteiger partial charge in [0.25, 0.3) is 0 Å². The molecule has 6 N–H and O–H groups in total. The number of hydrogen-bond acceptors (Lipinski definition) is 13. The van der Waals surface area contributed by atoms with Crippen LogP contribution in [0.2, 0.25) is 0 Å². The average molecular weight is 1290 g/mol. The number of rotatable bonds is 66. The van der Waals surface area contributed by atoms with Crippen LogP contribution in [0.1, 0.15) is 336 Å². The topological polar surface area (TPSA) is 255 Å². The molecule has 0 bridgehead atoms. The van der Waals surface area contributed by atoms with Crippen LogP contribution in [-0.2, 0) is 56.7 Å². The first-order valence-corrected chi connectivity index (χ1v) is 38.2. The lowest BCUT2D eigenvalue weighted by Gasteiger charge is -2.45. The number of hydrogen-bond donors (Lipinski definition) is 6. The smallest absolute Gasteiger partial charge is 0.470 e. The highest BCUT2D eigenvalue weighted by molar-refractivity contribution is 7.46. The van der Waals surface area contributed by atoms with E-state index in [-0.39, 0.29) is 25.9 Å². The maximum Gasteiger partial charge on any atom is 0.470 e. The molecule has 1 heterocycles. The predicted molar refractivity (Wildman–Crippen MR) is 356 cm³/mol. The number of nitrogens with one attached hydrogen (secondary N) is 2.